The average molecular weight is 1970 g/mol. The third-order valence-electron chi connectivity index (χ3n) is 18.5. The lowest BCUT2D eigenvalue weighted by Crippen LogP contribution is -2.38. The van der Waals surface area contributed by atoms with E-state index < -0.39 is 179 Å². The number of nitrogens with zero attached hydrogens (tertiary/aromatic N) is 6. The first-order chi connectivity index (χ1) is 58.5. The minimum atomic E-state index is -5.26. The smallest absolute Gasteiger partial charge is 0.437 e. The predicted molar refractivity (Wildman–Crippen MR) is 428 cm³/mol. The number of aromatic nitrogens is 4. The fourth-order valence-corrected chi connectivity index (χ4v) is 26.5. The van der Waals surface area contributed by atoms with Crippen LogP contribution in [0.5, 0.6) is 23.0 Å². The lowest BCUT2D eigenvalue weighted by molar-refractivity contribution is -0.134. The van der Waals surface area contributed by atoms with Gasteiger partial charge in [-0.2, -0.15) is 0 Å². The summed E-state index contributed by atoms with van der Waals surface area (Å²) in [6.45, 7) is 2.89. The monoisotopic (exact) mass is 1970 g/mol. The van der Waals surface area contributed by atoms with Crippen molar-refractivity contribution in [1.82, 2.24) is 29.7 Å². The molecule has 8 atom stereocenters. The molecule has 5 fully saturated rings. The number of benzene rings is 4. The fraction of sp³-hybridized carbons (Fsp3) is 0.324. The first kappa shape index (κ1) is 99.3. The molecule has 0 aliphatic carbocycles. The number of piperidine rings is 1. The van der Waals surface area contributed by atoms with E-state index >= 15 is 0 Å². The van der Waals surface area contributed by atoms with Crippen LogP contribution in [0.15, 0.2) is 181 Å². The molecule has 9 heterocycles. The van der Waals surface area contributed by atoms with E-state index in [1.54, 1.807) is 0 Å². The Kier molecular flexibility index (Phi) is 31.8. The highest BCUT2D eigenvalue weighted by Crippen LogP contribution is 2.83. The van der Waals surface area contributed by atoms with Crippen LogP contribution < -0.4 is 18.9 Å². The van der Waals surface area contributed by atoms with E-state index in [1.807, 2.05) is 6.92 Å². The number of carbonyl (C=O) groups is 4. The van der Waals surface area contributed by atoms with Gasteiger partial charge in [0, 0.05) is 132 Å². The van der Waals surface area contributed by atoms with Crippen LogP contribution in [0.25, 0.3) is 0 Å². The molecular weight excluding hydrogens is 1890 g/mol. The molecule has 0 radical (unpaired) electrons. The van der Waals surface area contributed by atoms with Gasteiger partial charge in [0.25, 0.3) is 20.3 Å². The molecule has 0 bridgehead atoms. The van der Waals surface area contributed by atoms with Gasteiger partial charge in [-0.3, -0.25) is 97.4 Å². The molecule has 125 heavy (non-hydrogen) atoms. The van der Waals surface area contributed by atoms with Crippen LogP contribution in [0.1, 0.15) is 109 Å². The van der Waals surface area contributed by atoms with Crippen molar-refractivity contribution in [2.45, 2.75) is 110 Å². The highest BCUT2D eigenvalue weighted by Gasteiger charge is 2.71. The summed E-state index contributed by atoms with van der Waals surface area (Å²) in [4.78, 5) is 147. The van der Waals surface area contributed by atoms with Gasteiger partial charge in [-0.05, 0) is 131 Å². The second-order valence-electron chi connectivity index (χ2n) is 27.6. The number of para-hydroxylation sites is 1. The summed E-state index contributed by atoms with van der Waals surface area (Å²) in [7, 11) is -37.6. The van der Waals surface area contributed by atoms with Crippen molar-refractivity contribution in [2.24, 2.45) is 0 Å². The Labute approximate surface area is 716 Å². The van der Waals surface area contributed by atoms with Gasteiger partial charge in [0.1, 0.15) is 23.1 Å². The largest absolute Gasteiger partial charge is 0.513 e. The van der Waals surface area contributed by atoms with Crippen LogP contribution in [0.4, 0.5) is 23.2 Å². The molecule has 4 aromatic heterocycles. The lowest BCUT2D eigenvalue weighted by Gasteiger charge is -2.41. The molecule has 13 rings (SSSR count). The summed E-state index contributed by atoms with van der Waals surface area (Å²) in [5.74, 6) is -3.18. The average Bonchev–Trinajstić information content (AvgIpc) is 0.740. The van der Waals surface area contributed by atoms with E-state index in [4.69, 9.17) is 55.1 Å². The highest BCUT2D eigenvalue weighted by atomic mass is 79.9. The van der Waals surface area contributed by atoms with Crippen molar-refractivity contribution in [1.29, 1.82) is 0 Å². The number of aliphatic hydroxyl groups is 4. The Bertz CT molecular complexity index is 5570. The molecule has 5 saturated heterocycles. The molecule has 43 nitrogen and oxygen atoms in total. The van der Waals surface area contributed by atoms with Crippen molar-refractivity contribution < 1.29 is 184 Å². The number of carbonyl (C=O) groups excluding carboxylic acids is 4. The van der Waals surface area contributed by atoms with Crippen molar-refractivity contribution in [2.75, 3.05) is 34.3 Å². The van der Waals surface area contributed by atoms with Crippen molar-refractivity contribution >= 4 is 101 Å². The molecular formula is C71H79BrF2N6O37P8. The van der Waals surface area contributed by atoms with Gasteiger partial charge in [0.05, 0.1) is 17.1 Å². The second kappa shape index (κ2) is 40.0. The third kappa shape index (κ3) is 22.5. The zero-order valence-corrected chi connectivity index (χ0v) is 74.0. The van der Waals surface area contributed by atoms with E-state index in [-0.39, 0.29) is 62.6 Å². The highest BCUT2D eigenvalue weighted by molar-refractivity contribution is 9.10. The standard InChI is InChI=1S/C20H23FN2O9P2.C18H20BrNO9P2.C17H19FN2O9P2.C16H17NO10P2/c21-17-11-15(30-19(24)23-9-2-1-3-10-23)6-7-16(17)18-31-33(26,27)20(25,34(28,29)32-18)12-14-5-4-8-22-13-14;1-2-4-16(21)27-15-7-6-13(9-14(15)19)17-28-30(23,24)18(22,31(25,26)29-17)10-12-5-3-8-20-11-12;1-20(2)16(21)27-14-6-5-12(8-13(14)18)15-28-30(23,24)17(22,31(25,26)29-15)9-11-4-3-7-19-10-11;1-24-15(18)25-13-7-3-2-6-12(13)14-26-28(20,21)16(19,29(22,23)27-14)9-11-5-4-8-17-10-11/h4-8,11,13,18,25H,1-3,9-10,12H2,(H,26,27)(H,28,29);3,5-9,11,17,22H,2,4,10H2,1H3,(H,23,24)(H,25,26);3-8,10,15,22H,9H2,1-2H3,(H,23,24)(H,25,26);2-8,10,14,19H,9H2,1H3,(H,20,21)(H,22,23). The summed E-state index contributed by atoms with van der Waals surface area (Å²) in [5.41, 5.74) is -0.000669. The fourth-order valence-electron chi connectivity index (χ4n) is 11.8. The minimum absolute atomic E-state index is 0.0918. The Morgan fingerprint density at radius 3 is 1.20 bits per heavy atom. The van der Waals surface area contributed by atoms with Crippen molar-refractivity contribution in [3.8, 4) is 23.0 Å². The second-order valence-corrected chi connectivity index (χ2v) is 45.8. The first-order valence-corrected chi connectivity index (χ1v) is 49.7. The number of amides is 2. The first-order valence-electron chi connectivity index (χ1n) is 36.3. The molecule has 5 aliphatic rings. The molecule has 8 aromatic rings. The third-order valence-corrected chi connectivity index (χ3v) is 37.5. The number of methoxy groups -OCH3 is 1. The summed E-state index contributed by atoms with van der Waals surface area (Å²) in [5, 5.41) is 30.2. The van der Waals surface area contributed by atoms with Gasteiger partial charge in [-0.1, -0.05) is 61.5 Å². The van der Waals surface area contributed by atoms with E-state index in [0.29, 0.717) is 24.0 Å². The van der Waals surface area contributed by atoms with Gasteiger partial charge >= 0.3 is 85.1 Å². The molecule has 2 amide bonds. The molecule has 54 heteroatoms. The van der Waals surface area contributed by atoms with Gasteiger partial charge < -0.3 is 93.1 Å². The Morgan fingerprint density at radius 2 is 0.840 bits per heavy atom. The maximum atomic E-state index is 14.8. The van der Waals surface area contributed by atoms with Gasteiger partial charge in [-0.15, -0.1) is 0 Å². The number of pyridine rings is 4. The zero-order chi connectivity index (χ0) is 91.7. The number of hydrogen-bond donors (Lipinski definition) is 12. The van der Waals surface area contributed by atoms with Crippen molar-refractivity contribution in [3.63, 3.8) is 0 Å². The topological polar surface area (TPSA) is 626 Å². The number of halogens is 3. The van der Waals surface area contributed by atoms with E-state index in [1.165, 1.54) is 166 Å². The van der Waals surface area contributed by atoms with Gasteiger partial charge in [0.15, 0.2) is 11.6 Å². The van der Waals surface area contributed by atoms with Crippen LogP contribution in [-0.4, -0.2) is 168 Å². The van der Waals surface area contributed by atoms with Crippen molar-refractivity contribution in [3.05, 3.63) is 238 Å². The molecule has 0 spiro atoms. The Morgan fingerprint density at radius 1 is 0.456 bits per heavy atom. The molecule has 0 saturated carbocycles. The van der Waals surface area contributed by atoms with Gasteiger partial charge in [-0.25, -0.2) is 23.2 Å². The van der Waals surface area contributed by atoms with Crippen LogP contribution in [0, 0.1) is 11.6 Å². The van der Waals surface area contributed by atoms with E-state index in [0.717, 1.165) is 61.6 Å². The molecule has 5 aliphatic heterocycles. The summed E-state index contributed by atoms with van der Waals surface area (Å²) >= 11 is 3.21. The maximum absolute atomic E-state index is 14.8. The number of hydrogen-bond acceptors (Lipinski definition) is 33. The number of likely N-dealkylation sites (tertiary alicyclic amines) is 1. The summed E-state index contributed by atoms with van der Waals surface area (Å²) in [6, 6.07) is 27.1. The molecule has 676 valence electrons. The molecule has 12 N–H and O–H groups in total. The molecule has 4 aromatic carbocycles. The quantitative estimate of drug-likeness (QED) is 0.0164. The number of esters is 1. The van der Waals surface area contributed by atoms with Crippen LogP contribution >= 0.6 is 76.7 Å². The van der Waals surface area contributed by atoms with Crippen LogP contribution in [0.3, 0.4) is 0 Å². The Hall–Kier alpha value is -7.86. The SMILES string of the molecule is CCCC(=O)Oc1ccc(C2OP(=O)(O)C(O)(Cc3cccnc3)P(=O)(O)O2)cc1Br.CN(C)C(=O)Oc1ccc(C2OP(=O)(O)C(O)(Cc3cccnc3)P(=O)(O)O2)cc1F.COC(=O)Oc1ccccc1C1OP(=O)(O)C(O)(Cc2cccnc2)P(=O)(O)O1.O=C(Oc1ccc(C2OP(=O)(O)C(O)(Cc3cccnc3)P(=O)(O)O2)c(F)c1)N1CCCCC1. The van der Waals surface area contributed by atoms with Crippen LogP contribution in [0.2, 0.25) is 0 Å². The van der Waals surface area contributed by atoms with Gasteiger partial charge in [0.2, 0.25) is 25.2 Å². The Balaban J connectivity index is 0.000000174. The summed E-state index contributed by atoms with van der Waals surface area (Å²) in [6.07, 6.45) is 1.02. The van der Waals surface area contributed by atoms with E-state index in [9.17, 15) is 124 Å². The summed E-state index contributed by atoms with van der Waals surface area (Å²) < 4.78 is 196. The lowest BCUT2D eigenvalue weighted by atomic mass is 10.1. The molecule has 8 unspecified atom stereocenters. The van der Waals surface area contributed by atoms with Crippen LogP contribution in [-0.2, 0) is 108 Å². The predicted octanol–water partition coefficient (Wildman–Crippen LogP) is 12.5. The minimum Gasteiger partial charge on any atom is -0.437 e. The normalized spacial score (nSPS) is 31.2. The van der Waals surface area contributed by atoms with E-state index in [2.05, 4.69) is 40.6 Å². The number of ether oxygens (including phenoxy) is 5. The maximum Gasteiger partial charge on any atom is 0.513 e. The number of rotatable bonds is 18. The zero-order valence-electron chi connectivity index (χ0n) is 65.3.